The molecule has 0 spiro atoms. The number of hydrogen-bond donors (Lipinski definition) is 1. The molecular weight excluding hydrogens is 203 g/mol. The van der Waals surface area contributed by atoms with E-state index in [2.05, 4.69) is 24.2 Å². The average molecular weight is 224 g/mol. The minimum absolute atomic E-state index is 0.165. The number of nitrogens with zero attached hydrogens (tertiary/aromatic N) is 1. The predicted molar refractivity (Wildman–Crippen MR) is 66.1 cm³/mol. The van der Waals surface area contributed by atoms with E-state index in [0.29, 0.717) is 0 Å². The Morgan fingerprint density at radius 2 is 1.88 bits per heavy atom. The molecule has 2 nitrogen and oxygen atoms in total. The molecule has 0 radical (unpaired) electrons. The molecule has 0 heterocycles. The van der Waals surface area contributed by atoms with Gasteiger partial charge in [-0.2, -0.15) is 0 Å². The molecule has 0 saturated carbocycles. The predicted octanol–water partition coefficient (Wildman–Crippen LogP) is 1.91. The normalized spacial score (nSPS) is 11.0. The van der Waals surface area contributed by atoms with Gasteiger partial charge in [-0.25, -0.2) is 4.39 Å². The Balaban J connectivity index is 2.09. The van der Waals surface area contributed by atoms with Crippen LogP contribution in [-0.2, 0) is 6.42 Å². The molecule has 1 aromatic carbocycles. The molecule has 90 valence electrons. The van der Waals surface area contributed by atoms with Crippen LogP contribution in [0.1, 0.15) is 12.5 Å². The van der Waals surface area contributed by atoms with E-state index in [-0.39, 0.29) is 5.82 Å². The van der Waals surface area contributed by atoms with Crippen LogP contribution in [-0.4, -0.2) is 38.1 Å². The lowest BCUT2D eigenvalue weighted by atomic mass is 10.1. The molecule has 0 saturated heterocycles. The summed E-state index contributed by atoms with van der Waals surface area (Å²) in [6.45, 7) is 6.26. The van der Waals surface area contributed by atoms with Crippen molar-refractivity contribution in [1.82, 2.24) is 10.2 Å². The van der Waals surface area contributed by atoms with Gasteiger partial charge in [-0.15, -0.1) is 0 Å². The van der Waals surface area contributed by atoms with Crippen LogP contribution in [0.3, 0.4) is 0 Å². The molecule has 0 aliphatic carbocycles. The first-order valence-corrected chi connectivity index (χ1v) is 5.86. The monoisotopic (exact) mass is 224 g/mol. The van der Waals surface area contributed by atoms with Gasteiger partial charge in [0.2, 0.25) is 0 Å². The fourth-order valence-corrected chi connectivity index (χ4v) is 1.44. The Morgan fingerprint density at radius 3 is 2.50 bits per heavy atom. The van der Waals surface area contributed by atoms with Crippen LogP contribution >= 0.6 is 0 Å². The number of rotatable bonds is 7. The molecular formula is C13H21FN2. The summed E-state index contributed by atoms with van der Waals surface area (Å²) in [7, 11) is 2.11. The fraction of sp³-hybridized carbons (Fsp3) is 0.538. The molecule has 0 unspecified atom stereocenters. The SMILES string of the molecule is CCN(C)CCNCCc1ccc(F)cc1. The van der Waals surface area contributed by atoms with Gasteiger partial charge >= 0.3 is 0 Å². The molecule has 3 heteroatoms. The van der Waals surface area contributed by atoms with Gasteiger partial charge < -0.3 is 10.2 Å². The van der Waals surface area contributed by atoms with E-state index in [9.17, 15) is 4.39 Å². The Bertz CT molecular complexity index is 284. The van der Waals surface area contributed by atoms with Crippen molar-refractivity contribution in [2.75, 3.05) is 33.2 Å². The van der Waals surface area contributed by atoms with Crippen molar-refractivity contribution in [3.63, 3.8) is 0 Å². The Labute approximate surface area is 97.5 Å². The largest absolute Gasteiger partial charge is 0.315 e. The smallest absolute Gasteiger partial charge is 0.123 e. The number of halogens is 1. The summed E-state index contributed by atoms with van der Waals surface area (Å²) >= 11 is 0. The molecule has 0 aliphatic heterocycles. The second kappa shape index (κ2) is 7.36. The molecule has 1 N–H and O–H groups in total. The van der Waals surface area contributed by atoms with Gasteiger partial charge in [0.1, 0.15) is 5.82 Å². The zero-order chi connectivity index (χ0) is 11.8. The van der Waals surface area contributed by atoms with Crippen molar-refractivity contribution >= 4 is 0 Å². The van der Waals surface area contributed by atoms with Gasteiger partial charge in [0.15, 0.2) is 0 Å². The van der Waals surface area contributed by atoms with Crippen molar-refractivity contribution in [2.24, 2.45) is 0 Å². The average Bonchev–Trinajstić information content (AvgIpc) is 2.31. The maximum absolute atomic E-state index is 12.6. The van der Waals surface area contributed by atoms with Crippen molar-refractivity contribution in [3.05, 3.63) is 35.6 Å². The van der Waals surface area contributed by atoms with Crippen molar-refractivity contribution in [1.29, 1.82) is 0 Å². The number of likely N-dealkylation sites (N-methyl/N-ethyl adjacent to an activating group) is 1. The molecule has 0 aliphatic rings. The summed E-state index contributed by atoms with van der Waals surface area (Å²) in [5.74, 6) is -0.165. The Hall–Kier alpha value is -0.930. The lowest BCUT2D eigenvalue weighted by Gasteiger charge is -2.13. The number of benzene rings is 1. The van der Waals surface area contributed by atoms with E-state index < -0.39 is 0 Å². The van der Waals surface area contributed by atoms with Gasteiger partial charge in [-0.3, -0.25) is 0 Å². The zero-order valence-corrected chi connectivity index (χ0v) is 10.2. The molecule has 16 heavy (non-hydrogen) atoms. The van der Waals surface area contributed by atoms with Crippen LogP contribution < -0.4 is 5.32 Å². The van der Waals surface area contributed by atoms with E-state index in [4.69, 9.17) is 0 Å². The minimum atomic E-state index is -0.165. The standard InChI is InChI=1S/C13H21FN2/c1-3-16(2)11-10-15-9-8-12-4-6-13(14)7-5-12/h4-7,15H,3,8-11H2,1-2H3. The Kier molecular flexibility index (Phi) is 6.04. The van der Waals surface area contributed by atoms with Gasteiger partial charge in [0.05, 0.1) is 0 Å². The van der Waals surface area contributed by atoms with Gasteiger partial charge in [0.25, 0.3) is 0 Å². The summed E-state index contributed by atoms with van der Waals surface area (Å²) in [4.78, 5) is 2.27. The van der Waals surface area contributed by atoms with Gasteiger partial charge in [0, 0.05) is 13.1 Å². The maximum Gasteiger partial charge on any atom is 0.123 e. The van der Waals surface area contributed by atoms with E-state index in [0.717, 1.165) is 32.6 Å². The highest BCUT2D eigenvalue weighted by Gasteiger charge is 1.95. The topological polar surface area (TPSA) is 15.3 Å². The summed E-state index contributed by atoms with van der Waals surface area (Å²) in [6.07, 6.45) is 0.954. The van der Waals surface area contributed by atoms with E-state index in [1.807, 2.05) is 12.1 Å². The van der Waals surface area contributed by atoms with Crippen LogP contribution in [0.2, 0.25) is 0 Å². The summed E-state index contributed by atoms with van der Waals surface area (Å²) < 4.78 is 12.6. The second-order valence-corrected chi connectivity index (χ2v) is 4.02. The lowest BCUT2D eigenvalue weighted by Crippen LogP contribution is -2.30. The molecule has 0 bridgehead atoms. The van der Waals surface area contributed by atoms with Gasteiger partial charge in [-0.05, 0) is 44.3 Å². The minimum Gasteiger partial charge on any atom is -0.315 e. The molecule has 0 atom stereocenters. The molecule has 1 aromatic rings. The number of nitrogens with one attached hydrogen (secondary N) is 1. The molecule has 0 amide bonds. The molecule has 0 aromatic heterocycles. The third-order valence-corrected chi connectivity index (χ3v) is 2.71. The van der Waals surface area contributed by atoms with Crippen LogP contribution in [0.4, 0.5) is 4.39 Å². The van der Waals surface area contributed by atoms with Crippen LogP contribution in [0.15, 0.2) is 24.3 Å². The van der Waals surface area contributed by atoms with Crippen LogP contribution in [0, 0.1) is 5.82 Å². The van der Waals surface area contributed by atoms with E-state index in [1.54, 1.807) is 0 Å². The Morgan fingerprint density at radius 1 is 1.19 bits per heavy atom. The first-order valence-electron chi connectivity index (χ1n) is 5.86. The second-order valence-electron chi connectivity index (χ2n) is 4.02. The van der Waals surface area contributed by atoms with Crippen molar-refractivity contribution in [2.45, 2.75) is 13.3 Å². The van der Waals surface area contributed by atoms with E-state index in [1.165, 1.54) is 17.7 Å². The first-order chi connectivity index (χ1) is 7.72. The summed E-state index contributed by atoms with van der Waals surface area (Å²) in [5, 5.41) is 3.38. The molecule has 1 rings (SSSR count). The third kappa shape index (κ3) is 5.24. The highest BCUT2D eigenvalue weighted by molar-refractivity contribution is 5.16. The third-order valence-electron chi connectivity index (χ3n) is 2.71. The van der Waals surface area contributed by atoms with Crippen LogP contribution in [0.25, 0.3) is 0 Å². The highest BCUT2D eigenvalue weighted by Crippen LogP contribution is 2.02. The fourth-order valence-electron chi connectivity index (χ4n) is 1.44. The van der Waals surface area contributed by atoms with Crippen molar-refractivity contribution < 1.29 is 4.39 Å². The lowest BCUT2D eigenvalue weighted by molar-refractivity contribution is 0.349. The van der Waals surface area contributed by atoms with Crippen molar-refractivity contribution in [3.8, 4) is 0 Å². The molecule has 0 fully saturated rings. The maximum atomic E-state index is 12.6. The first kappa shape index (κ1) is 13.1. The highest BCUT2D eigenvalue weighted by atomic mass is 19.1. The van der Waals surface area contributed by atoms with Crippen LogP contribution in [0.5, 0.6) is 0 Å². The van der Waals surface area contributed by atoms with Gasteiger partial charge in [-0.1, -0.05) is 19.1 Å². The summed E-state index contributed by atoms with van der Waals surface area (Å²) in [6, 6.07) is 6.71. The quantitative estimate of drug-likeness (QED) is 0.712. The summed E-state index contributed by atoms with van der Waals surface area (Å²) in [5.41, 5.74) is 1.18. The number of hydrogen-bond acceptors (Lipinski definition) is 2. The van der Waals surface area contributed by atoms with E-state index >= 15 is 0 Å². The zero-order valence-electron chi connectivity index (χ0n) is 10.2.